The van der Waals surface area contributed by atoms with Crippen LogP contribution in [0.5, 0.6) is 0 Å². The van der Waals surface area contributed by atoms with Gasteiger partial charge in [-0.05, 0) is 25.0 Å². The zero-order valence-corrected chi connectivity index (χ0v) is 9.28. The van der Waals surface area contributed by atoms with E-state index in [4.69, 9.17) is 5.73 Å². The van der Waals surface area contributed by atoms with Crippen molar-refractivity contribution in [3.05, 3.63) is 23.9 Å². The van der Waals surface area contributed by atoms with Gasteiger partial charge < -0.3 is 5.73 Å². The fourth-order valence-electron chi connectivity index (χ4n) is 2.45. The minimum absolute atomic E-state index is 0.647. The van der Waals surface area contributed by atoms with Crippen molar-refractivity contribution in [2.24, 2.45) is 0 Å². The van der Waals surface area contributed by atoms with Crippen LogP contribution in [0.3, 0.4) is 0 Å². The molecule has 1 saturated carbocycles. The van der Waals surface area contributed by atoms with Gasteiger partial charge in [-0.2, -0.15) is 0 Å². The van der Waals surface area contributed by atoms with Gasteiger partial charge >= 0.3 is 0 Å². The first-order valence-corrected chi connectivity index (χ1v) is 6.09. The summed E-state index contributed by atoms with van der Waals surface area (Å²) in [6.07, 6.45) is 9.46. The summed E-state index contributed by atoms with van der Waals surface area (Å²) in [5.74, 6) is 1.31. The van der Waals surface area contributed by atoms with Gasteiger partial charge in [0.1, 0.15) is 5.82 Å². The van der Waals surface area contributed by atoms with Gasteiger partial charge in [-0.15, -0.1) is 0 Å². The highest BCUT2D eigenvalue weighted by Crippen LogP contribution is 2.29. The summed E-state index contributed by atoms with van der Waals surface area (Å²) in [5.41, 5.74) is 6.93. The Labute approximate surface area is 91.9 Å². The fraction of sp³-hybridized carbons (Fsp3) is 0.615. The van der Waals surface area contributed by atoms with E-state index in [0.29, 0.717) is 11.7 Å². The quantitative estimate of drug-likeness (QED) is 0.760. The van der Waals surface area contributed by atoms with Gasteiger partial charge in [-0.3, -0.25) is 0 Å². The van der Waals surface area contributed by atoms with Crippen LogP contribution in [0.4, 0.5) is 5.82 Å². The number of hydrogen-bond donors (Lipinski definition) is 1. The molecular weight excluding hydrogens is 184 g/mol. The number of nitrogen functional groups attached to an aromatic ring is 1. The summed E-state index contributed by atoms with van der Waals surface area (Å²) in [6, 6.07) is 6.02. The number of pyridine rings is 1. The summed E-state index contributed by atoms with van der Waals surface area (Å²) in [4.78, 5) is 4.45. The Kier molecular flexibility index (Phi) is 3.59. The molecule has 0 bridgehead atoms. The number of rotatable bonds is 1. The van der Waals surface area contributed by atoms with Gasteiger partial charge in [0.25, 0.3) is 0 Å². The van der Waals surface area contributed by atoms with Crippen LogP contribution >= 0.6 is 0 Å². The third-order valence-electron chi connectivity index (χ3n) is 3.32. The summed E-state index contributed by atoms with van der Waals surface area (Å²) < 4.78 is 0. The molecule has 2 N–H and O–H groups in total. The number of hydrogen-bond acceptors (Lipinski definition) is 2. The molecule has 15 heavy (non-hydrogen) atoms. The number of nitrogens with zero attached hydrogens (tertiary/aromatic N) is 1. The van der Waals surface area contributed by atoms with Gasteiger partial charge in [0.05, 0.1) is 0 Å². The van der Waals surface area contributed by atoms with E-state index in [0.717, 1.165) is 0 Å². The molecule has 1 aromatic rings. The molecular formula is C13H20N2. The summed E-state index contributed by atoms with van der Waals surface area (Å²) in [5, 5.41) is 0. The van der Waals surface area contributed by atoms with Crippen molar-refractivity contribution in [3.63, 3.8) is 0 Å². The Balaban J connectivity index is 2.06. The Morgan fingerprint density at radius 3 is 2.33 bits per heavy atom. The van der Waals surface area contributed by atoms with E-state index in [-0.39, 0.29) is 0 Å². The molecule has 0 atom stereocenters. The van der Waals surface area contributed by atoms with Crippen molar-refractivity contribution in [2.75, 3.05) is 5.73 Å². The molecule has 0 aliphatic heterocycles. The highest BCUT2D eigenvalue weighted by Gasteiger charge is 2.14. The molecule has 1 fully saturated rings. The van der Waals surface area contributed by atoms with Gasteiger partial charge in [-0.25, -0.2) is 4.98 Å². The van der Waals surface area contributed by atoms with Gasteiger partial charge in [-0.1, -0.05) is 38.2 Å². The Hall–Kier alpha value is -1.05. The van der Waals surface area contributed by atoms with Crippen molar-refractivity contribution < 1.29 is 0 Å². The first-order valence-electron chi connectivity index (χ1n) is 6.09. The minimum atomic E-state index is 0.647. The third-order valence-corrected chi connectivity index (χ3v) is 3.32. The van der Waals surface area contributed by atoms with E-state index in [2.05, 4.69) is 11.1 Å². The molecule has 2 heteroatoms. The maximum absolute atomic E-state index is 5.72. The second kappa shape index (κ2) is 5.15. The van der Waals surface area contributed by atoms with E-state index >= 15 is 0 Å². The first kappa shape index (κ1) is 10.5. The summed E-state index contributed by atoms with van der Waals surface area (Å²) in [7, 11) is 0. The van der Waals surface area contributed by atoms with Crippen molar-refractivity contribution >= 4 is 5.82 Å². The number of aromatic nitrogens is 1. The number of nitrogens with two attached hydrogens (primary N) is 1. The van der Waals surface area contributed by atoms with Crippen LogP contribution < -0.4 is 5.73 Å². The standard InChI is InChI=1S/C13H20N2/c14-13-10-6-9-12(15-13)11-7-4-2-1-3-5-8-11/h6,9-11H,1-5,7-8H2,(H2,14,15). The fourth-order valence-corrected chi connectivity index (χ4v) is 2.45. The van der Waals surface area contributed by atoms with E-state index in [1.54, 1.807) is 0 Å². The molecule has 0 amide bonds. The zero-order chi connectivity index (χ0) is 10.5. The van der Waals surface area contributed by atoms with Crippen LogP contribution in [0, 0.1) is 0 Å². The molecule has 1 aliphatic rings. The molecule has 82 valence electrons. The highest BCUT2D eigenvalue weighted by molar-refractivity contribution is 5.30. The average molecular weight is 204 g/mol. The van der Waals surface area contributed by atoms with E-state index in [9.17, 15) is 0 Å². The van der Waals surface area contributed by atoms with Crippen LogP contribution in [0.1, 0.15) is 56.6 Å². The van der Waals surface area contributed by atoms with Gasteiger partial charge in [0, 0.05) is 11.6 Å². The molecule has 0 radical (unpaired) electrons. The van der Waals surface area contributed by atoms with Crippen molar-refractivity contribution in [2.45, 2.75) is 50.9 Å². The maximum atomic E-state index is 5.72. The van der Waals surface area contributed by atoms with Crippen LogP contribution in [-0.4, -0.2) is 4.98 Å². The number of anilines is 1. The molecule has 0 spiro atoms. The third kappa shape index (κ3) is 2.95. The lowest BCUT2D eigenvalue weighted by atomic mass is 9.88. The molecule has 1 aliphatic carbocycles. The first-order chi connectivity index (χ1) is 7.36. The second-order valence-corrected chi connectivity index (χ2v) is 4.53. The van der Waals surface area contributed by atoms with E-state index < -0.39 is 0 Å². The molecule has 2 rings (SSSR count). The van der Waals surface area contributed by atoms with Crippen LogP contribution in [0.25, 0.3) is 0 Å². The smallest absolute Gasteiger partial charge is 0.123 e. The predicted molar refractivity (Wildman–Crippen MR) is 63.7 cm³/mol. The average Bonchev–Trinajstić information content (AvgIpc) is 2.16. The Bertz CT molecular complexity index is 301. The topological polar surface area (TPSA) is 38.9 Å². The zero-order valence-electron chi connectivity index (χ0n) is 9.28. The van der Waals surface area contributed by atoms with Crippen LogP contribution in [0.2, 0.25) is 0 Å². The summed E-state index contributed by atoms with van der Waals surface area (Å²) in [6.45, 7) is 0. The molecule has 1 heterocycles. The normalized spacial score (nSPS) is 19.5. The molecule has 0 aromatic carbocycles. The highest BCUT2D eigenvalue weighted by atomic mass is 14.8. The monoisotopic (exact) mass is 204 g/mol. The Morgan fingerprint density at radius 2 is 1.67 bits per heavy atom. The van der Waals surface area contributed by atoms with E-state index in [1.807, 2.05) is 12.1 Å². The van der Waals surface area contributed by atoms with E-state index in [1.165, 1.54) is 50.6 Å². The lowest BCUT2D eigenvalue weighted by Crippen LogP contribution is -2.05. The van der Waals surface area contributed by atoms with Crippen molar-refractivity contribution in [1.29, 1.82) is 0 Å². The van der Waals surface area contributed by atoms with Crippen LogP contribution in [0.15, 0.2) is 18.2 Å². The van der Waals surface area contributed by atoms with Crippen molar-refractivity contribution in [1.82, 2.24) is 4.98 Å². The summed E-state index contributed by atoms with van der Waals surface area (Å²) >= 11 is 0. The predicted octanol–water partition coefficient (Wildman–Crippen LogP) is 3.49. The van der Waals surface area contributed by atoms with Crippen LogP contribution in [-0.2, 0) is 0 Å². The van der Waals surface area contributed by atoms with Gasteiger partial charge in [0.15, 0.2) is 0 Å². The lowest BCUT2D eigenvalue weighted by molar-refractivity contribution is 0.450. The lowest BCUT2D eigenvalue weighted by Gasteiger charge is -2.19. The van der Waals surface area contributed by atoms with Gasteiger partial charge in [0.2, 0.25) is 0 Å². The Morgan fingerprint density at radius 1 is 1.00 bits per heavy atom. The maximum Gasteiger partial charge on any atom is 0.123 e. The molecule has 2 nitrogen and oxygen atoms in total. The second-order valence-electron chi connectivity index (χ2n) is 4.53. The minimum Gasteiger partial charge on any atom is -0.384 e. The largest absolute Gasteiger partial charge is 0.384 e. The molecule has 0 saturated heterocycles. The SMILES string of the molecule is Nc1cccc(C2CCCCCCC2)n1. The molecule has 1 aromatic heterocycles. The van der Waals surface area contributed by atoms with Crippen molar-refractivity contribution in [3.8, 4) is 0 Å². The molecule has 0 unspecified atom stereocenters.